The molecule has 154 valence electrons. The number of anilines is 1. The number of imide groups is 1. The van der Waals surface area contributed by atoms with Crippen molar-refractivity contribution < 1.29 is 23.6 Å². The molecule has 0 aliphatic carbocycles. The third kappa shape index (κ3) is 5.77. The second-order valence-electron chi connectivity index (χ2n) is 7.24. The van der Waals surface area contributed by atoms with Gasteiger partial charge in [0, 0.05) is 12.0 Å². The van der Waals surface area contributed by atoms with Crippen molar-refractivity contribution in [1.82, 2.24) is 5.32 Å². The van der Waals surface area contributed by atoms with Crippen LogP contribution in [0.5, 0.6) is 5.75 Å². The highest BCUT2D eigenvalue weighted by atomic mass is 19.1. The molecule has 3 amide bonds. The van der Waals surface area contributed by atoms with E-state index in [9.17, 15) is 14.0 Å². The first-order valence-electron chi connectivity index (χ1n) is 9.90. The van der Waals surface area contributed by atoms with E-state index in [2.05, 4.69) is 10.6 Å². The number of amides is 3. The third-order valence-electron chi connectivity index (χ3n) is 5.26. The molecule has 2 aromatic rings. The van der Waals surface area contributed by atoms with Crippen LogP contribution in [0.3, 0.4) is 0 Å². The maximum absolute atomic E-state index is 13.7. The fraction of sp³-hybridized carbons (Fsp3) is 0.364. The van der Waals surface area contributed by atoms with Gasteiger partial charge in [-0.25, -0.2) is 9.18 Å². The van der Waals surface area contributed by atoms with Crippen molar-refractivity contribution in [3.05, 3.63) is 59.9 Å². The molecule has 3 rings (SSSR count). The van der Waals surface area contributed by atoms with Crippen molar-refractivity contribution in [3.8, 4) is 5.75 Å². The Morgan fingerprint density at radius 1 is 1.10 bits per heavy atom. The first-order chi connectivity index (χ1) is 14.1. The SMILES string of the molecule is COc1ccc([C@H]2CCCCC[NH+]2CC(=O)NC(=O)Nc2ccccc2F)cc1. The van der Waals surface area contributed by atoms with Crippen LogP contribution in [0.4, 0.5) is 14.9 Å². The molecule has 1 saturated heterocycles. The number of benzene rings is 2. The molecule has 29 heavy (non-hydrogen) atoms. The molecule has 0 aromatic heterocycles. The van der Waals surface area contributed by atoms with Crippen LogP contribution in [-0.4, -0.2) is 32.1 Å². The molecule has 2 aromatic carbocycles. The Labute approximate surface area is 170 Å². The zero-order valence-electron chi connectivity index (χ0n) is 16.5. The Balaban J connectivity index is 1.62. The summed E-state index contributed by atoms with van der Waals surface area (Å²) >= 11 is 0. The number of hydrogen-bond acceptors (Lipinski definition) is 3. The Kier molecular flexibility index (Phi) is 7.19. The summed E-state index contributed by atoms with van der Waals surface area (Å²) in [6.45, 7) is 1.04. The van der Waals surface area contributed by atoms with Crippen LogP contribution in [0.1, 0.15) is 37.3 Å². The van der Waals surface area contributed by atoms with E-state index in [1.807, 2.05) is 24.3 Å². The highest BCUT2D eigenvalue weighted by Crippen LogP contribution is 2.22. The van der Waals surface area contributed by atoms with Crippen molar-refractivity contribution in [2.45, 2.75) is 31.7 Å². The van der Waals surface area contributed by atoms with Crippen molar-refractivity contribution >= 4 is 17.6 Å². The Bertz CT molecular complexity index is 841. The maximum atomic E-state index is 13.7. The molecule has 0 spiro atoms. The number of hydrogen-bond donors (Lipinski definition) is 3. The summed E-state index contributed by atoms with van der Waals surface area (Å²) in [6.07, 6.45) is 4.26. The van der Waals surface area contributed by atoms with E-state index >= 15 is 0 Å². The molecule has 0 saturated carbocycles. The number of methoxy groups -OCH3 is 1. The number of halogens is 1. The van der Waals surface area contributed by atoms with Gasteiger partial charge in [0.05, 0.1) is 19.3 Å². The maximum Gasteiger partial charge on any atom is 0.326 e. The molecule has 6 nitrogen and oxygen atoms in total. The lowest BCUT2D eigenvalue weighted by molar-refractivity contribution is -0.923. The number of rotatable bonds is 5. The molecule has 1 fully saturated rings. The van der Waals surface area contributed by atoms with Gasteiger partial charge in [0.2, 0.25) is 0 Å². The number of para-hydroxylation sites is 1. The van der Waals surface area contributed by atoms with Gasteiger partial charge in [-0.1, -0.05) is 12.1 Å². The van der Waals surface area contributed by atoms with Crippen LogP contribution >= 0.6 is 0 Å². The zero-order valence-corrected chi connectivity index (χ0v) is 16.5. The summed E-state index contributed by atoms with van der Waals surface area (Å²) in [7, 11) is 1.63. The van der Waals surface area contributed by atoms with Crippen molar-refractivity contribution in [2.75, 3.05) is 25.5 Å². The van der Waals surface area contributed by atoms with Gasteiger partial charge in [0.25, 0.3) is 5.91 Å². The fourth-order valence-electron chi connectivity index (χ4n) is 3.80. The number of carbonyl (C=O) groups is 2. The van der Waals surface area contributed by atoms with E-state index in [4.69, 9.17) is 4.74 Å². The highest BCUT2D eigenvalue weighted by Gasteiger charge is 2.28. The second-order valence-corrected chi connectivity index (χ2v) is 7.24. The average molecular weight is 400 g/mol. The summed E-state index contributed by atoms with van der Waals surface area (Å²) in [5.74, 6) is -0.131. The molecule has 1 unspecified atom stereocenters. The van der Waals surface area contributed by atoms with E-state index in [1.54, 1.807) is 13.2 Å². The average Bonchev–Trinajstić information content (AvgIpc) is 2.95. The quantitative estimate of drug-likeness (QED) is 0.723. The number of nitrogens with one attached hydrogen (secondary N) is 3. The van der Waals surface area contributed by atoms with E-state index in [0.29, 0.717) is 0 Å². The van der Waals surface area contributed by atoms with E-state index < -0.39 is 11.8 Å². The van der Waals surface area contributed by atoms with E-state index in [0.717, 1.165) is 48.4 Å². The Hall–Kier alpha value is -2.93. The van der Waals surface area contributed by atoms with Gasteiger partial charge in [-0.15, -0.1) is 0 Å². The largest absolute Gasteiger partial charge is 0.497 e. The smallest absolute Gasteiger partial charge is 0.326 e. The topological polar surface area (TPSA) is 71.9 Å². The lowest BCUT2D eigenvalue weighted by Gasteiger charge is -2.26. The number of ether oxygens (including phenoxy) is 1. The van der Waals surface area contributed by atoms with Gasteiger partial charge >= 0.3 is 6.03 Å². The molecule has 7 heteroatoms. The van der Waals surface area contributed by atoms with Gasteiger partial charge in [0.15, 0.2) is 6.54 Å². The summed E-state index contributed by atoms with van der Waals surface area (Å²) < 4.78 is 18.9. The van der Waals surface area contributed by atoms with Crippen LogP contribution < -0.4 is 20.3 Å². The van der Waals surface area contributed by atoms with Crippen LogP contribution in [0.25, 0.3) is 0 Å². The summed E-state index contributed by atoms with van der Waals surface area (Å²) in [4.78, 5) is 25.7. The standard InChI is InChI=1S/C22H26FN3O3/c1-29-17-12-10-16(11-13-17)20-9-3-2-6-14-26(20)15-21(27)25-22(28)24-19-8-5-4-7-18(19)23/h4-5,7-8,10-13,20H,2-3,6,9,14-15H2,1H3,(H2,24,25,27,28)/p+1/t20-/m1/s1. The predicted octanol–water partition coefficient (Wildman–Crippen LogP) is 2.68. The first kappa shape index (κ1) is 20.8. The number of quaternary nitrogens is 1. The van der Waals surface area contributed by atoms with Gasteiger partial charge in [0.1, 0.15) is 17.6 Å². The summed E-state index contributed by atoms with van der Waals surface area (Å²) in [5.41, 5.74) is 1.20. The normalized spacial score (nSPS) is 19.1. The van der Waals surface area contributed by atoms with Crippen LogP contribution in [0.2, 0.25) is 0 Å². The van der Waals surface area contributed by atoms with Crippen LogP contribution in [-0.2, 0) is 4.79 Å². The number of likely N-dealkylation sites (tertiary alicyclic amines) is 1. The van der Waals surface area contributed by atoms with Crippen molar-refractivity contribution in [2.24, 2.45) is 0 Å². The minimum absolute atomic E-state index is 0.0380. The molecule has 1 aliphatic heterocycles. The molecule has 3 N–H and O–H groups in total. The van der Waals surface area contributed by atoms with Crippen molar-refractivity contribution in [3.63, 3.8) is 0 Å². The molecular weight excluding hydrogens is 373 g/mol. The molecule has 2 atom stereocenters. The van der Waals surface area contributed by atoms with Crippen molar-refractivity contribution in [1.29, 1.82) is 0 Å². The van der Waals surface area contributed by atoms with E-state index in [-0.39, 0.29) is 24.2 Å². The lowest BCUT2D eigenvalue weighted by atomic mass is 10.0. The number of carbonyl (C=O) groups excluding carboxylic acids is 2. The van der Waals surface area contributed by atoms with E-state index in [1.165, 1.54) is 18.2 Å². The summed E-state index contributed by atoms with van der Waals surface area (Å²) in [6, 6.07) is 13.2. The van der Waals surface area contributed by atoms with Gasteiger partial charge in [-0.05, 0) is 55.7 Å². The zero-order chi connectivity index (χ0) is 20.6. The van der Waals surface area contributed by atoms with Crippen LogP contribution in [0, 0.1) is 5.82 Å². The van der Waals surface area contributed by atoms with Gasteiger partial charge in [-0.3, -0.25) is 10.1 Å². The second kappa shape index (κ2) is 10.0. The summed E-state index contributed by atoms with van der Waals surface area (Å²) in [5, 5.41) is 4.69. The third-order valence-corrected chi connectivity index (χ3v) is 5.26. The van der Waals surface area contributed by atoms with Gasteiger partial charge in [-0.2, -0.15) is 0 Å². The molecule has 0 bridgehead atoms. The van der Waals surface area contributed by atoms with Gasteiger partial charge < -0.3 is 15.0 Å². The minimum atomic E-state index is -0.727. The monoisotopic (exact) mass is 400 g/mol. The minimum Gasteiger partial charge on any atom is -0.497 e. The predicted molar refractivity (Wildman–Crippen MR) is 108 cm³/mol. The first-order valence-corrected chi connectivity index (χ1v) is 9.90. The Morgan fingerprint density at radius 2 is 1.86 bits per heavy atom. The molecule has 1 aliphatic rings. The fourth-order valence-corrected chi connectivity index (χ4v) is 3.80. The highest BCUT2D eigenvalue weighted by molar-refractivity contribution is 6.01. The lowest BCUT2D eigenvalue weighted by Crippen LogP contribution is -3.13. The molecule has 0 radical (unpaired) electrons. The molecular formula is C22H27FN3O3+. The number of urea groups is 1. The molecule has 1 heterocycles. The Morgan fingerprint density at radius 3 is 2.59 bits per heavy atom. The van der Waals surface area contributed by atoms with Crippen LogP contribution in [0.15, 0.2) is 48.5 Å².